The summed E-state index contributed by atoms with van der Waals surface area (Å²) in [7, 11) is 0. The van der Waals surface area contributed by atoms with Gasteiger partial charge in [-0.1, -0.05) is 12.1 Å². The first-order valence-corrected chi connectivity index (χ1v) is 7.18. The Labute approximate surface area is 124 Å². The van der Waals surface area contributed by atoms with Crippen LogP contribution in [0.2, 0.25) is 0 Å². The molecule has 2 N–H and O–H groups in total. The van der Waals surface area contributed by atoms with Gasteiger partial charge in [-0.25, -0.2) is 0 Å². The zero-order valence-corrected chi connectivity index (χ0v) is 11.8. The van der Waals surface area contributed by atoms with Gasteiger partial charge in [0.1, 0.15) is 5.75 Å². The Morgan fingerprint density at radius 1 is 1.29 bits per heavy atom. The van der Waals surface area contributed by atoms with E-state index < -0.39 is 5.91 Å². The Bertz CT molecular complexity index is 651. The minimum Gasteiger partial charge on any atom is -0.493 e. The first-order chi connectivity index (χ1) is 10.2. The summed E-state index contributed by atoms with van der Waals surface area (Å²) in [5.74, 6) is 1.15. The minimum atomic E-state index is -0.445. The predicted octanol–water partition coefficient (Wildman–Crippen LogP) is 2.56. The van der Waals surface area contributed by atoms with Gasteiger partial charge in [-0.2, -0.15) is 0 Å². The van der Waals surface area contributed by atoms with Crippen LogP contribution in [0.1, 0.15) is 34.5 Å². The van der Waals surface area contributed by atoms with E-state index in [1.807, 2.05) is 24.3 Å². The smallest absolute Gasteiger partial charge is 0.250 e. The molecule has 0 saturated heterocycles. The molecule has 1 aliphatic rings. The summed E-state index contributed by atoms with van der Waals surface area (Å²) in [6.45, 7) is 0.791. The lowest BCUT2D eigenvalue weighted by atomic mass is 10.0. The number of carbonyl (C=O) groups is 1. The zero-order chi connectivity index (χ0) is 14.7. The topological polar surface area (TPSA) is 65.2 Å². The third kappa shape index (κ3) is 3.60. The van der Waals surface area contributed by atoms with Gasteiger partial charge in [-0.15, -0.1) is 0 Å². The van der Waals surface area contributed by atoms with Crippen molar-refractivity contribution in [1.29, 1.82) is 0 Å². The molecule has 0 unspecified atom stereocenters. The van der Waals surface area contributed by atoms with Crippen LogP contribution in [0.5, 0.6) is 5.75 Å². The largest absolute Gasteiger partial charge is 0.493 e. The molecule has 2 aromatic rings. The molecular formula is C17H18N2O2. The molecule has 3 rings (SSSR count). The van der Waals surface area contributed by atoms with Gasteiger partial charge in [0.25, 0.3) is 5.91 Å². The second kappa shape index (κ2) is 5.95. The number of pyridine rings is 1. The Kier molecular flexibility index (Phi) is 3.86. The molecule has 4 heteroatoms. The SMILES string of the molecule is NC(=O)c1cccnc1Cc1cccc(OCC2CC2)c1. The van der Waals surface area contributed by atoms with Crippen molar-refractivity contribution in [3.05, 3.63) is 59.4 Å². The fraction of sp³-hybridized carbons (Fsp3) is 0.294. The fourth-order valence-corrected chi connectivity index (χ4v) is 2.24. The number of nitrogens with two attached hydrogens (primary N) is 1. The molecule has 1 aromatic carbocycles. The van der Waals surface area contributed by atoms with Crippen LogP contribution in [0.15, 0.2) is 42.6 Å². The van der Waals surface area contributed by atoms with Crippen molar-refractivity contribution in [3.63, 3.8) is 0 Å². The Balaban J connectivity index is 1.74. The lowest BCUT2D eigenvalue weighted by Crippen LogP contribution is -2.14. The summed E-state index contributed by atoms with van der Waals surface area (Å²) in [6.07, 6.45) is 4.79. The van der Waals surface area contributed by atoms with Crippen molar-refractivity contribution in [3.8, 4) is 5.75 Å². The minimum absolute atomic E-state index is 0.445. The van der Waals surface area contributed by atoms with Gasteiger partial charge in [-0.05, 0) is 48.6 Å². The lowest BCUT2D eigenvalue weighted by Gasteiger charge is -2.09. The highest BCUT2D eigenvalue weighted by Gasteiger charge is 2.21. The number of nitrogens with zero attached hydrogens (tertiary/aromatic N) is 1. The van der Waals surface area contributed by atoms with Crippen LogP contribution in [0.4, 0.5) is 0 Å². The second-order valence-electron chi connectivity index (χ2n) is 5.44. The van der Waals surface area contributed by atoms with Gasteiger partial charge in [0.2, 0.25) is 0 Å². The third-order valence-corrected chi connectivity index (χ3v) is 3.61. The Morgan fingerprint density at radius 3 is 2.90 bits per heavy atom. The maximum atomic E-state index is 11.4. The number of benzene rings is 1. The quantitative estimate of drug-likeness (QED) is 0.885. The van der Waals surface area contributed by atoms with Crippen LogP contribution >= 0.6 is 0 Å². The Hall–Kier alpha value is -2.36. The summed E-state index contributed by atoms with van der Waals surface area (Å²) in [5, 5.41) is 0. The number of primary amides is 1. The number of rotatable bonds is 6. The molecule has 0 bridgehead atoms. The van der Waals surface area contributed by atoms with E-state index in [1.54, 1.807) is 18.3 Å². The van der Waals surface area contributed by atoms with Crippen molar-refractivity contribution >= 4 is 5.91 Å². The molecule has 0 atom stereocenters. The molecule has 1 amide bonds. The first kappa shape index (κ1) is 13.6. The van der Waals surface area contributed by atoms with Crippen LogP contribution in [-0.4, -0.2) is 17.5 Å². The van der Waals surface area contributed by atoms with Crippen molar-refractivity contribution < 1.29 is 9.53 Å². The van der Waals surface area contributed by atoms with Crippen LogP contribution in [0.3, 0.4) is 0 Å². The standard InChI is InChI=1S/C17H18N2O2/c18-17(20)15-5-2-8-19-16(15)10-13-3-1-4-14(9-13)21-11-12-6-7-12/h1-5,8-9,12H,6-7,10-11H2,(H2,18,20). The van der Waals surface area contributed by atoms with Crippen molar-refractivity contribution in [2.45, 2.75) is 19.3 Å². The van der Waals surface area contributed by atoms with E-state index in [-0.39, 0.29) is 0 Å². The predicted molar refractivity (Wildman–Crippen MR) is 80.2 cm³/mol. The molecule has 0 aliphatic heterocycles. The zero-order valence-electron chi connectivity index (χ0n) is 11.8. The van der Waals surface area contributed by atoms with Crippen LogP contribution in [-0.2, 0) is 6.42 Å². The summed E-state index contributed by atoms with van der Waals surface area (Å²) in [6, 6.07) is 11.4. The van der Waals surface area contributed by atoms with E-state index in [0.29, 0.717) is 17.7 Å². The molecule has 1 aromatic heterocycles. The van der Waals surface area contributed by atoms with Gasteiger partial charge in [0.15, 0.2) is 0 Å². The number of aromatic nitrogens is 1. The second-order valence-corrected chi connectivity index (χ2v) is 5.44. The summed E-state index contributed by atoms with van der Waals surface area (Å²) in [4.78, 5) is 15.7. The molecule has 4 nitrogen and oxygen atoms in total. The molecular weight excluding hydrogens is 264 g/mol. The first-order valence-electron chi connectivity index (χ1n) is 7.18. The van der Waals surface area contributed by atoms with Gasteiger partial charge in [-0.3, -0.25) is 9.78 Å². The highest BCUT2D eigenvalue weighted by molar-refractivity contribution is 5.93. The molecule has 1 aliphatic carbocycles. The van der Waals surface area contributed by atoms with Crippen LogP contribution in [0.25, 0.3) is 0 Å². The molecule has 0 spiro atoms. The van der Waals surface area contributed by atoms with Crippen molar-refractivity contribution in [2.24, 2.45) is 11.7 Å². The van der Waals surface area contributed by atoms with Gasteiger partial charge in [0, 0.05) is 12.6 Å². The normalized spacial score (nSPS) is 13.9. The number of ether oxygens (including phenoxy) is 1. The molecule has 1 heterocycles. The van der Waals surface area contributed by atoms with E-state index in [0.717, 1.165) is 23.8 Å². The van der Waals surface area contributed by atoms with Gasteiger partial charge >= 0.3 is 0 Å². The van der Waals surface area contributed by atoms with E-state index in [9.17, 15) is 4.79 Å². The summed E-state index contributed by atoms with van der Waals surface area (Å²) in [5.41, 5.74) is 7.61. The van der Waals surface area contributed by atoms with Gasteiger partial charge in [0.05, 0.1) is 17.9 Å². The maximum absolute atomic E-state index is 11.4. The van der Waals surface area contributed by atoms with Crippen molar-refractivity contribution in [1.82, 2.24) is 4.98 Å². The maximum Gasteiger partial charge on any atom is 0.250 e. The van der Waals surface area contributed by atoms with Crippen LogP contribution < -0.4 is 10.5 Å². The van der Waals surface area contributed by atoms with E-state index >= 15 is 0 Å². The number of hydrogen-bond acceptors (Lipinski definition) is 3. The molecule has 0 radical (unpaired) electrons. The highest BCUT2D eigenvalue weighted by atomic mass is 16.5. The van der Waals surface area contributed by atoms with E-state index in [2.05, 4.69) is 4.98 Å². The van der Waals surface area contributed by atoms with Crippen LogP contribution in [0, 0.1) is 5.92 Å². The van der Waals surface area contributed by atoms with Gasteiger partial charge < -0.3 is 10.5 Å². The average Bonchev–Trinajstić information content (AvgIpc) is 3.30. The lowest BCUT2D eigenvalue weighted by molar-refractivity contribution is 0.0999. The van der Waals surface area contributed by atoms with E-state index in [1.165, 1.54) is 12.8 Å². The molecule has 1 saturated carbocycles. The molecule has 21 heavy (non-hydrogen) atoms. The summed E-state index contributed by atoms with van der Waals surface area (Å²) < 4.78 is 5.77. The monoisotopic (exact) mass is 282 g/mol. The third-order valence-electron chi connectivity index (χ3n) is 3.61. The summed E-state index contributed by atoms with van der Waals surface area (Å²) >= 11 is 0. The highest BCUT2D eigenvalue weighted by Crippen LogP contribution is 2.29. The number of amides is 1. The number of carbonyl (C=O) groups excluding carboxylic acids is 1. The fourth-order valence-electron chi connectivity index (χ4n) is 2.24. The molecule has 108 valence electrons. The van der Waals surface area contributed by atoms with E-state index in [4.69, 9.17) is 10.5 Å². The Morgan fingerprint density at radius 2 is 2.14 bits per heavy atom. The number of hydrogen-bond donors (Lipinski definition) is 1. The molecule has 1 fully saturated rings. The van der Waals surface area contributed by atoms with Crippen molar-refractivity contribution in [2.75, 3.05) is 6.61 Å². The average molecular weight is 282 g/mol.